The average Bonchev–Trinajstić information content (AvgIpc) is 2.91. The monoisotopic (exact) mass is 264 g/mol. The molecule has 2 rings (SSSR count). The molecule has 0 amide bonds. The smallest absolute Gasteiger partial charge is 0.305 e. The second-order valence-electron chi connectivity index (χ2n) is 4.05. The molecule has 2 heterocycles. The number of tetrazole rings is 1. The molecule has 0 aromatic carbocycles. The first-order valence-corrected chi connectivity index (χ1v) is 6.14. The van der Waals surface area contributed by atoms with Crippen molar-refractivity contribution >= 4 is 17.4 Å². The predicted molar refractivity (Wildman–Crippen MR) is 67.6 cm³/mol. The largest absolute Gasteiger partial charge is 0.469 e. The van der Waals surface area contributed by atoms with E-state index in [4.69, 9.17) is 0 Å². The van der Waals surface area contributed by atoms with Gasteiger partial charge in [-0.1, -0.05) is 6.42 Å². The lowest BCUT2D eigenvalue weighted by Crippen LogP contribution is -2.07. The number of carbonyl (C=O) groups excluding carboxylic acids is 1. The number of anilines is 1. The number of rotatable bonds is 7. The molecule has 2 aromatic rings. The summed E-state index contributed by atoms with van der Waals surface area (Å²) in [5.41, 5.74) is 0.607. The number of hydrogen-bond acceptors (Lipinski definition) is 7. The molecule has 0 aliphatic rings. The van der Waals surface area contributed by atoms with Gasteiger partial charge in [0.1, 0.15) is 5.82 Å². The summed E-state index contributed by atoms with van der Waals surface area (Å²) in [5.74, 6) is 0.603. The normalized spacial score (nSPS) is 10.6. The first kappa shape index (κ1) is 13.2. The van der Waals surface area contributed by atoms with Crippen LogP contribution in [0.15, 0.2) is 12.4 Å². The van der Waals surface area contributed by atoms with Gasteiger partial charge >= 0.3 is 5.97 Å². The Labute approximate surface area is 110 Å². The molecule has 0 unspecified atom stereocenters. The highest BCUT2D eigenvalue weighted by molar-refractivity contribution is 5.68. The zero-order chi connectivity index (χ0) is 13.5. The maximum Gasteiger partial charge on any atom is 0.305 e. The number of hydrogen-bond donors (Lipinski definition) is 1. The van der Waals surface area contributed by atoms with E-state index in [0.717, 1.165) is 31.6 Å². The molecule has 102 valence electrons. The van der Waals surface area contributed by atoms with E-state index in [1.165, 1.54) is 7.11 Å². The van der Waals surface area contributed by atoms with Gasteiger partial charge in [-0.2, -0.15) is 4.52 Å². The Balaban J connectivity index is 1.71. The van der Waals surface area contributed by atoms with Gasteiger partial charge < -0.3 is 10.1 Å². The average molecular weight is 264 g/mol. The van der Waals surface area contributed by atoms with Gasteiger partial charge in [0.15, 0.2) is 5.65 Å². The molecule has 1 N–H and O–H groups in total. The minimum atomic E-state index is -0.157. The maximum atomic E-state index is 10.9. The number of methoxy groups -OCH3 is 1. The number of fused-ring (bicyclic) bond motifs is 1. The van der Waals surface area contributed by atoms with Crippen LogP contribution in [0.3, 0.4) is 0 Å². The molecule has 8 heteroatoms. The van der Waals surface area contributed by atoms with Gasteiger partial charge in [0, 0.05) is 13.0 Å². The standard InChI is InChI=1S/C11H16N6O2/c1-19-11(18)5-3-2-4-6-13-9-7-12-8-10-14-15-16-17(9)10/h7-8,13H,2-6H2,1H3. The SMILES string of the molecule is COC(=O)CCCCCNc1cncc2nnnn12. The Kier molecular flexibility index (Phi) is 4.60. The molecule has 2 aromatic heterocycles. The second-order valence-corrected chi connectivity index (χ2v) is 4.05. The Bertz CT molecular complexity index is 541. The van der Waals surface area contributed by atoms with Crippen LogP contribution in [0.1, 0.15) is 25.7 Å². The lowest BCUT2D eigenvalue weighted by Gasteiger charge is -2.06. The number of unbranched alkanes of at least 4 members (excludes halogenated alkanes) is 2. The van der Waals surface area contributed by atoms with E-state index >= 15 is 0 Å². The van der Waals surface area contributed by atoms with Crippen LogP contribution in [-0.2, 0) is 9.53 Å². The van der Waals surface area contributed by atoms with Crippen molar-refractivity contribution in [2.24, 2.45) is 0 Å². The van der Waals surface area contributed by atoms with Gasteiger partial charge in [-0.3, -0.25) is 9.78 Å². The van der Waals surface area contributed by atoms with Crippen LogP contribution in [0, 0.1) is 0 Å². The summed E-state index contributed by atoms with van der Waals surface area (Å²) < 4.78 is 6.18. The Morgan fingerprint density at radius 1 is 1.37 bits per heavy atom. The summed E-state index contributed by atoms with van der Waals surface area (Å²) in [6.07, 6.45) is 6.50. The van der Waals surface area contributed by atoms with E-state index in [-0.39, 0.29) is 5.97 Å². The lowest BCUT2D eigenvalue weighted by molar-refractivity contribution is -0.140. The lowest BCUT2D eigenvalue weighted by atomic mass is 10.2. The fourth-order valence-electron chi connectivity index (χ4n) is 1.69. The summed E-state index contributed by atoms with van der Waals surface area (Å²) in [7, 11) is 1.41. The highest BCUT2D eigenvalue weighted by Gasteiger charge is 2.03. The van der Waals surface area contributed by atoms with Gasteiger partial charge in [-0.15, -0.1) is 5.10 Å². The molecule has 0 aliphatic carbocycles. The number of esters is 1. The number of carbonyl (C=O) groups is 1. The van der Waals surface area contributed by atoms with Crippen LogP contribution in [0.5, 0.6) is 0 Å². The first-order valence-electron chi connectivity index (χ1n) is 6.14. The van der Waals surface area contributed by atoms with Crippen LogP contribution in [0.4, 0.5) is 5.82 Å². The Morgan fingerprint density at radius 3 is 3.11 bits per heavy atom. The van der Waals surface area contributed by atoms with Crippen LogP contribution >= 0.6 is 0 Å². The zero-order valence-electron chi connectivity index (χ0n) is 10.7. The van der Waals surface area contributed by atoms with Crippen molar-refractivity contribution in [3.63, 3.8) is 0 Å². The topological polar surface area (TPSA) is 94.3 Å². The summed E-state index contributed by atoms with van der Waals surface area (Å²) in [6.45, 7) is 0.780. The van der Waals surface area contributed by atoms with Crippen LogP contribution in [0.25, 0.3) is 5.65 Å². The molecule has 0 aliphatic heterocycles. The molecule has 0 atom stereocenters. The van der Waals surface area contributed by atoms with Crippen molar-refractivity contribution in [2.45, 2.75) is 25.7 Å². The quantitative estimate of drug-likeness (QED) is 0.580. The van der Waals surface area contributed by atoms with Crippen LogP contribution in [0.2, 0.25) is 0 Å². The van der Waals surface area contributed by atoms with Gasteiger partial charge in [0.25, 0.3) is 0 Å². The predicted octanol–water partition coefficient (Wildman–Crippen LogP) is 0.665. The van der Waals surface area contributed by atoms with E-state index < -0.39 is 0 Å². The van der Waals surface area contributed by atoms with Crippen LogP contribution < -0.4 is 5.32 Å². The summed E-state index contributed by atoms with van der Waals surface area (Å²) in [6, 6.07) is 0. The third-order valence-corrected chi connectivity index (χ3v) is 2.70. The molecule has 8 nitrogen and oxygen atoms in total. The number of nitrogens with zero attached hydrogens (tertiary/aromatic N) is 5. The molecule has 0 saturated heterocycles. The highest BCUT2D eigenvalue weighted by Crippen LogP contribution is 2.07. The molecule has 0 fully saturated rings. The van der Waals surface area contributed by atoms with E-state index in [1.54, 1.807) is 16.9 Å². The van der Waals surface area contributed by atoms with Gasteiger partial charge in [-0.05, 0) is 23.3 Å². The molecular formula is C11H16N6O2. The minimum absolute atomic E-state index is 0.157. The summed E-state index contributed by atoms with van der Waals surface area (Å²) in [5, 5.41) is 14.5. The van der Waals surface area contributed by atoms with Gasteiger partial charge in [0.2, 0.25) is 0 Å². The third-order valence-electron chi connectivity index (χ3n) is 2.70. The molecule has 0 radical (unpaired) electrons. The van der Waals surface area contributed by atoms with Gasteiger partial charge in [-0.25, -0.2) is 0 Å². The first-order chi connectivity index (χ1) is 9.31. The molecule has 0 saturated carbocycles. The molecule has 19 heavy (non-hydrogen) atoms. The van der Waals surface area contributed by atoms with Crippen molar-refractivity contribution in [1.82, 2.24) is 25.0 Å². The Morgan fingerprint density at radius 2 is 2.26 bits per heavy atom. The summed E-state index contributed by atoms with van der Waals surface area (Å²) in [4.78, 5) is 15.0. The van der Waals surface area contributed by atoms with E-state index in [2.05, 4.69) is 30.6 Å². The van der Waals surface area contributed by atoms with E-state index in [1.807, 2.05) is 0 Å². The van der Waals surface area contributed by atoms with E-state index in [0.29, 0.717) is 12.1 Å². The number of ether oxygens (including phenoxy) is 1. The number of nitrogens with one attached hydrogen (secondary N) is 1. The van der Waals surface area contributed by atoms with Crippen molar-refractivity contribution < 1.29 is 9.53 Å². The Hall–Kier alpha value is -2.25. The molecule has 0 spiro atoms. The molecular weight excluding hydrogens is 248 g/mol. The van der Waals surface area contributed by atoms with Crippen molar-refractivity contribution in [1.29, 1.82) is 0 Å². The van der Waals surface area contributed by atoms with Crippen molar-refractivity contribution in [2.75, 3.05) is 19.0 Å². The zero-order valence-corrected chi connectivity index (χ0v) is 10.7. The molecule has 0 bridgehead atoms. The number of aromatic nitrogens is 5. The van der Waals surface area contributed by atoms with Crippen molar-refractivity contribution in [3.8, 4) is 0 Å². The minimum Gasteiger partial charge on any atom is -0.469 e. The maximum absolute atomic E-state index is 10.9. The van der Waals surface area contributed by atoms with E-state index in [9.17, 15) is 4.79 Å². The highest BCUT2D eigenvalue weighted by atomic mass is 16.5. The van der Waals surface area contributed by atoms with Gasteiger partial charge in [0.05, 0.1) is 19.5 Å². The fraction of sp³-hybridized carbons (Fsp3) is 0.545. The second kappa shape index (κ2) is 6.62. The summed E-state index contributed by atoms with van der Waals surface area (Å²) >= 11 is 0. The fourth-order valence-corrected chi connectivity index (χ4v) is 1.69. The third kappa shape index (κ3) is 3.60. The van der Waals surface area contributed by atoms with Crippen molar-refractivity contribution in [3.05, 3.63) is 12.4 Å². The van der Waals surface area contributed by atoms with Crippen LogP contribution in [-0.4, -0.2) is 44.6 Å².